The predicted octanol–water partition coefficient (Wildman–Crippen LogP) is -0.517. The van der Waals surface area contributed by atoms with Crippen molar-refractivity contribution in [3.8, 4) is 0 Å². The molecule has 0 aromatic carbocycles. The van der Waals surface area contributed by atoms with Gasteiger partial charge in [0.25, 0.3) is 5.91 Å². The number of carbonyl (C=O) groups excluding carboxylic acids is 2. The summed E-state index contributed by atoms with van der Waals surface area (Å²) in [6.07, 6.45) is 0.123. The van der Waals surface area contributed by atoms with Crippen molar-refractivity contribution in [1.29, 1.82) is 0 Å². The second kappa shape index (κ2) is 4.88. The summed E-state index contributed by atoms with van der Waals surface area (Å²) in [5.74, 6) is -2.62. The molecule has 1 rings (SSSR count). The molecule has 0 bridgehead atoms. The number of imide groups is 1. The zero-order valence-electron chi connectivity index (χ0n) is 8.43. The lowest BCUT2D eigenvalue weighted by Crippen LogP contribution is -2.41. The fourth-order valence-corrected chi connectivity index (χ4v) is 1.23. The van der Waals surface area contributed by atoms with Crippen LogP contribution in [0.15, 0.2) is 0 Å². The van der Waals surface area contributed by atoms with E-state index >= 15 is 0 Å². The summed E-state index contributed by atoms with van der Waals surface area (Å²) >= 11 is 0. The lowest BCUT2D eigenvalue weighted by atomic mass is 10.1. The molecular formula is C9H13NO5. The topological polar surface area (TPSA) is 83.9 Å². The summed E-state index contributed by atoms with van der Waals surface area (Å²) in [5.41, 5.74) is 0. The van der Waals surface area contributed by atoms with Gasteiger partial charge >= 0.3 is 5.97 Å². The molecule has 1 atom stereocenters. The van der Waals surface area contributed by atoms with Gasteiger partial charge in [0.1, 0.15) is 6.61 Å². The van der Waals surface area contributed by atoms with Crippen LogP contribution in [0.3, 0.4) is 0 Å². The number of hydrogen-bond donors (Lipinski definition) is 1. The number of hydrogen-bond acceptors (Lipinski definition) is 4. The number of nitrogens with zero attached hydrogens (tertiary/aromatic N) is 1. The molecule has 6 nitrogen and oxygen atoms in total. The molecule has 1 N–H and O–H groups in total. The third kappa shape index (κ3) is 3.02. The van der Waals surface area contributed by atoms with Gasteiger partial charge in [-0.25, -0.2) is 0 Å². The Labute approximate surface area is 86.8 Å². The van der Waals surface area contributed by atoms with Gasteiger partial charge in [-0.15, -0.1) is 0 Å². The van der Waals surface area contributed by atoms with Crippen molar-refractivity contribution in [1.82, 2.24) is 4.90 Å². The molecule has 1 aliphatic rings. The summed E-state index contributed by atoms with van der Waals surface area (Å²) in [7, 11) is 0. The van der Waals surface area contributed by atoms with Crippen LogP contribution < -0.4 is 0 Å². The predicted molar refractivity (Wildman–Crippen MR) is 49.0 cm³/mol. The van der Waals surface area contributed by atoms with E-state index in [2.05, 4.69) is 0 Å². The normalized spacial score (nSPS) is 19.9. The second-order valence-electron chi connectivity index (χ2n) is 3.44. The first-order chi connectivity index (χ1) is 7.02. The summed E-state index contributed by atoms with van der Waals surface area (Å²) in [4.78, 5) is 34.3. The lowest BCUT2D eigenvalue weighted by Gasteiger charge is -2.19. The summed E-state index contributed by atoms with van der Waals surface area (Å²) in [5, 5.41) is 8.67. The van der Waals surface area contributed by atoms with Gasteiger partial charge in [-0.2, -0.15) is 0 Å². The smallest absolute Gasteiger partial charge is 0.308 e. The average molecular weight is 215 g/mol. The van der Waals surface area contributed by atoms with E-state index in [0.29, 0.717) is 0 Å². The van der Waals surface area contributed by atoms with Crippen LogP contribution >= 0.6 is 0 Å². The quantitative estimate of drug-likeness (QED) is 0.640. The molecule has 15 heavy (non-hydrogen) atoms. The molecule has 1 unspecified atom stereocenters. The van der Waals surface area contributed by atoms with Crippen LogP contribution in [0, 0.1) is 5.92 Å². The standard InChI is InChI=1S/C9H13NO5/c1-6(9(13)14)4-10-7(11)2-3-15-5-8(10)12/h6H,2-5H2,1H3,(H,13,14). The monoisotopic (exact) mass is 215 g/mol. The van der Waals surface area contributed by atoms with Crippen molar-refractivity contribution in [2.24, 2.45) is 5.92 Å². The molecule has 1 aliphatic heterocycles. The SMILES string of the molecule is CC(CN1C(=O)CCOCC1=O)C(=O)O. The van der Waals surface area contributed by atoms with E-state index in [4.69, 9.17) is 9.84 Å². The maximum Gasteiger partial charge on any atom is 0.308 e. The first-order valence-electron chi connectivity index (χ1n) is 4.66. The van der Waals surface area contributed by atoms with E-state index in [-0.39, 0.29) is 32.1 Å². The Morgan fingerprint density at radius 1 is 1.53 bits per heavy atom. The molecule has 0 spiro atoms. The van der Waals surface area contributed by atoms with Crippen molar-refractivity contribution >= 4 is 17.8 Å². The number of rotatable bonds is 3. The van der Waals surface area contributed by atoms with E-state index < -0.39 is 17.8 Å². The Hall–Kier alpha value is -1.43. The van der Waals surface area contributed by atoms with Gasteiger partial charge in [-0.1, -0.05) is 6.92 Å². The van der Waals surface area contributed by atoms with Gasteiger partial charge in [0.15, 0.2) is 0 Å². The minimum Gasteiger partial charge on any atom is -0.481 e. The minimum atomic E-state index is -1.03. The lowest BCUT2D eigenvalue weighted by molar-refractivity contribution is -0.148. The first kappa shape index (κ1) is 11.6. The van der Waals surface area contributed by atoms with Gasteiger partial charge in [0, 0.05) is 6.54 Å². The Bertz CT molecular complexity index is 270. The Morgan fingerprint density at radius 3 is 2.80 bits per heavy atom. The molecule has 0 radical (unpaired) electrons. The summed E-state index contributed by atoms with van der Waals surface area (Å²) < 4.78 is 4.89. The van der Waals surface area contributed by atoms with E-state index in [9.17, 15) is 14.4 Å². The molecule has 0 aromatic heterocycles. The van der Waals surface area contributed by atoms with E-state index in [1.54, 1.807) is 0 Å². The second-order valence-corrected chi connectivity index (χ2v) is 3.44. The van der Waals surface area contributed by atoms with Crippen LogP contribution in [0.2, 0.25) is 0 Å². The van der Waals surface area contributed by atoms with E-state index in [0.717, 1.165) is 4.90 Å². The number of carbonyl (C=O) groups is 3. The highest BCUT2D eigenvalue weighted by Gasteiger charge is 2.27. The zero-order valence-corrected chi connectivity index (χ0v) is 8.43. The molecule has 1 saturated heterocycles. The highest BCUT2D eigenvalue weighted by atomic mass is 16.5. The van der Waals surface area contributed by atoms with Gasteiger partial charge in [0.2, 0.25) is 5.91 Å². The van der Waals surface area contributed by atoms with Crippen molar-refractivity contribution in [3.63, 3.8) is 0 Å². The number of ether oxygens (including phenoxy) is 1. The van der Waals surface area contributed by atoms with Crippen molar-refractivity contribution in [3.05, 3.63) is 0 Å². The van der Waals surface area contributed by atoms with Crippen LogP contribution in [0.5, 0.6) is 0 Å². The molecule has 6 heteroatoms. The number of carboxylic acids is 1. The van der Waals surface area contributed by atoms with Gasteiger partial charge in [-0.05, 0) is 0 Å². The third-order valence-corrected chi connectivity index (χ3v) is 2.17. The van der Waals surface area contributed by atoms with E-state index in [1.165, 1.54) is 6.92 Å². The zero-order chi connectivity index (χ0) is 11.4. The van der Waals surface area contributed by atoms with Gasteiger partial charge in [-0.3, -0.25) is 19.3 Å². The molecule has 84 valence electrons. The Balaban J connectivity index is 2.67. The highest BCUT2D eigenvalue weighted by Crippen LogP contribution is 2.07. The summed E-state index contributed by atoms with van der Waals surface area (Å²) in [6, 6.07) is 0. The molecule has 1 heterocycles. The number of aliphatic carboxylic acids is 1. The van der Waals surface area contributed by atoms with Crippen LogP contribution in [0.1, 0.15) is 13.3 Å². The van der Waals surface area contributed by atoms with Crippen LogP contribution in [-0.2, 0) is 19.1 Å². The molecule has 1 fully saturated rings. The van der Waals surface area contributed by atoms with Crippen molar-refractivity contribution < 1.29 is 24.2 Å². The first-order valence-corrected chi connectivity index (χ1v) is 4.66. The molecular weight excluding hydrogens is 202 g/mol. The number of amides is 2. The minimum absolute atomic E-state index is 0.0869. The fourth-order valence-electron chi connectivity index (χ4n) is 1.23. The maximum atomic E-state index is 11.4. The van der Waals surface area contributed by atoms with Crippen molar-refractivity contribution in [2.75, 3.05) is 19.8 Å². The van der Waals surface area contributed by atoms with Crippen LogP contribution in [0.25, 0.3) is 0 Å². The largest absolute Gasteiger partial charge is 0.481 e. The maximum absolute atomic E-state index is 11.4. The highest BCUT2D eigenvalue weighted by molar-refractivity contribution is 5.96. The van der Waals surface area contributed by atoms with Crippen molar-refractivity contribution in [2.45, 2.75) is 13.3 Å². The molecule has 0 aliphatic carbocycles. The Morgan fingerprint density at radius 2 is 2.20 bits per heavy atom. The molecule has 0 saturated carbocycles. The fraction of sp³-hybridized carbons (Fsp3) is 0.667. The van der Waals surface area contributed by atoms with Crippen LogP contribution in [0.4, 0.5) is 0 Å². The van der Waals surface area contributed by atoms with Crippen LogP contribution in [-0.4, -0.2) is 47.5 Å². The number of carboxylic acid groups (broad SMARTS) is 1. The molecule has 0 aromatic rings. The average Bonchev–Trinajstić information content (AvgIpc) is 2.32. The van der Waals surface area contributed by atoms with Gasteiger partial charge < -0.3 is 9.84 Å². The summed E-state index contributed by atoms with van der Waals surface area (Å²) in [6.45, 7) is 1.42. The van der Waals surface area contributed by atoms with E-state index in [1.807, 2.05) is 0 Å². The van der Waals surface area contributed by atoms with Gasteiger partial charge in [0.05, 0.1) is 18.9 Å². The Kier molecular flexibility index (Phi) is 3.79. The third-order valence-electron chi connectivity index (χ3n) is 2.17. The molecule has 2 amide bonds.